The third-order valence-electron chi connectivity index (χ3n) is 1.45. The van der Waals surface area contributed by atoms with Crippen molar-refractivity contribution in [3.05, 3.63) is 12.2 Å². The van der Waals surface area contributed by atoms with Gasteiger partial charge in [-0.25, -0.2) is 0 Å². The predicted octanol–water partition coefficient (Wildman–Crippen LogP) is 1.71. The molecule has 0 aliphatic carbocycles. The Morgan fingerprint density at radius 3 is 2.15 bits per heavy atom. The first-order chi connectivity index (χ1) is 6.20. The zero-order valence-corrected chi connectivity index (χ0v) is 8.69. The van der Waals surface area contributed by atoms with Crippen LogP contribution in [0.25, 0.3) is 0 Å². The fourth-order valence-electron chi connectivity index (χ4n) is 0.943. The minimum atomic E-state index is -0.399. The average Bonchev–Trinajstić information content (AvgIpc) is 2.04. The Balaban J connectivity index is 3.67. The summed E-state index contributed by atoms with van der Waals surface area (Å²) in [6, 6.07) is 0. The Labute approximate surface area is 80.4 Å². The number of aliphatic hydroxyl groups excluding tert-OH is 1. The number of hydrogen-bond donors (Lipinski definition) is 1. The van der Waals surface area contributed by atoms with Gasteiger partial charge in [-0.2, -0.15) is 0 Å². The van der Waals surface area contributed by atoms with Crippen molar-refractivity contribution in [1.82, 2.24) is 0 Å². The molecule has 0 aromatic carbocycles. The van der Waals surface area contributed by atoms with E-state index in [1.54, 1.807) is 13.0 Å². The molecule has 0 saturated carbocycles. The van der Waals surface area contributed by atoms with Gasteiger partial charge in [0.25, 0.3) is 0 Å². The smallest absolute Gasteiger partial charge is 0.160 e. The lowest BCUT2D eigenvalue weighted by atomic mass is 10.3. The lowest BCUT2D eigenvalue weighted by Crippen LogP contribution is -2.16. The zero-order valence-electron chi connectivity index (χ0n) is 8.69. The van der Waals surface area contributed by atoms with Crippen molar-refractivity contribution >= 4 is 0 Å². The van der Waals surface area contributed by atoms with Crippen LogP contribution in [0, 0.1) is 0 Å². The van der Waals surface area contributed by atoms with Gasteiger partial charge in [-0.3, -0.25) is 0 Å². The summed E-state index contributed by atoms with van der Waals surface area (Å²) < 4.78 is 10.6. The first-order valence-corrected chi connectivity index (χ1v) is 4.78. The Hall–Kier alpha value is -0.380. The second-order valence-electron chi connectivity index (χ2n) is 2.74. The minimum absolute atomic E-state index is 0.176. The van der Waals surface area contributed by atoms with Gasteiger partial charge in [-0.15, -0.1) is 0 Å². The summed E-state index contributed by atoms with van der Waals surface area (Å²) >= 11 is 0. The lowest BCUT2D eigenvalue weighted by Gasteiger charge is -2.14. The maximum Gasteiger partial charge on any atom is 0.160 e. The molecule has 0 aliphatic heterocycles. The maximum absolute atomic E-state index is 8.96. The molecule has 0 aliphatic rings. The van der Waals surface area contributed by atoms with Gasteiger partial charge in [0.1, 0.15) is 0 Å². The van der Waals surface area contributed by atoms with Crippen molar-refractivity contribution in [2.45, 2.75) is 39.6 Å². The van der Waals surface area contributed by atoms with E-state index in [0.29, 0.717) is 19.6 Å². The van der Waals surface area contributed by atoms with Crippen molar-refractivity contribution < 1.29 is 14.6 Å². The quantitative estimate of drug-likeness (QED) is 0.488. The number of ether oxygens (including phenoxy) is 2. The molecule has 0 bridgehead atoms. The van der Waals surface area contributed by atoms with Crippen LogP contribution < -0.4 is 0 Å². The summed E-state index contributed by atoms with van der Waals surface area (Å²) in [6.07, 6.45) is 3.71. The van der Waals surface area contributed by atoms with Crippen LogP contribution >= 0.6 is 0 Å². The molecular weight excluding hydrogens is 168 g/mol. The number of hydrogen-bond acceptors (Lipinski definition) is 3. The Morgan fingerprint density at radius 1 is 1.23 bits per heavy atom. The molecule has 0 heterocycles. The molecular formula is C10H20O3. The van der Waals surface area contributed by atoms with Crippen LogP contribution in [0.3, 0.4) is 0 Å². The Morgan fingerprint density at radius 2 is 1.77 bits per heavy atom. The van der Waals surface area contributed by atoms with E-state index in [1.807, 2.05) is 19.9 Å². The fraction of sp³-hybridized carbons (Fsp3) is 0.800. The molecule has 13 heavy (non-hydrogen) atoms. The van der Waals surface area contributed by atoms with Crippen LogP contribution in [0.1, 0.15) is 27.2 Å². The highest BCUT2D eigenvalue weighted by Crippen LogP contribution is 2.02. The summed E-state index contributed by atoms with van der Waals surface area (Å²) in [5, 5.41) is 8.96. The molecule has 0 radical (unpaired) electrons. The molecule has 78 valence electrons. The van der Waals surface area contributed by atoms with Crippen LogP contribution in [0.4, 0.5) is 0 Å². The van der Waals surface area contributed by atoms with E-state index in [-0.39, 0.29) is 6.29 Å². The molecule has 0 aromatic rings. The fourth-order valence-corrected chi connectivity index (χ4v) is 0.943. The highest BCUT2D eigenvalue weighted by molar-refractivity contribution is 4.86. The van der Waals surface area contributed by atoms with Crippen LogP contribution in [-0.2, 0) is 9.47 Å². The van der Waals surface area contributed by atoms with Gasteiger partial charge >= 0.3 is 0 Å². The standard InChI is InChI=1S/C10H20O3/c1-4-12-10(13-5-2)8-6-7-9(3)11/h6-7,9-11H,4-5,8H2,1-3H3/b7-6-. The Kier molecular flexibility index (Phi) is 7.99. The average molecular weight is 188 g/mol. The molecule has 0 rings (SSSR count). The predicted molar refractivity (Wildman–Crippen MR) is 52.5 cm³/mol. The third-order valence-corrected chi connectivity index (χ3v) is 1.45. The van der Waals surface area contributed by atoms with Gasteiger partial charge in [0.2, 0.25) is 0 Å². The van der Waals surface area contributed by atoms with Crippen molar-refractivity contribution in [3.63, 3.8) is 0 Å². The van der Waals surface area contributed by atoms with Crippen LogP contribution in [0.5, 0.6) is 0 Å². The lowest BCUT2D eigenvalue weighted by molar-refractivity contribution is -0.133. The maximum atomic E-state index is 8.96. The Bertz CT molecular complexity index is 126. The summed E-state index contributed by atoms with van der Waals surface area (Å²) in [7, 11) is 0. The van der Waals surface area contributed by atoms with Gasteiger partial charge in [-0.05, 0) is 20.8 Å². The summed E-state index contributed by atoms with van der Waals surface area (Å²) in [5.74, 6) is 0. The van der Waals surface area contributed by atoms with E-state index in [4.69, 9.17) is 14.6 Å². The first kappa shape index (κ1) is 12.6. The summed E-state index contributed by atoms with van der Waals surface area (Å²) in [4.78, 5) is 0. The molecule has 0 spiro atoms. The summed E-state index contributed by atoms with van der Waals surface area (Å²) in [5.41, 5.74) is 0. The van der Waals surface area contributed by atoms with Crippen molar-refractivity contribution in [1.29, 1.82) is 0 Å². The highest BCUT2D eigenvalue weighted by atomic mass is 16.7. The molecule has 0 saturated heterocycles. The van der Waals surface area contributed by atoms with Gasteiger partial charge in [0.15, 0.2) is 6.29 Å². The molecule has 1 atom stereocenters. The second-order valence-corrected chi connectivity index (χ2v) is 2.74. The van der Waals surface area contributed by atoms with E-state index in [2.05, 4.69) is 0 Å². The van der Waals surface area contributed by atoms with Crippen molar-refractivity contribution in [3.8, 4) is 0 Å². The molecule has 1 unspecified atom stereocenters. The topological polar surface area (TPSA) is 38.7 Å². The third kappa shape index (κ3) is 7.96. The SMILES string of the molecule is CCOC(C/C=C\C(C)O)OCC. The monoisotopic (exact) mass is 188 g/mol. The second kappa shape index (κ2) is 8.23. The number of aliphatic hydroxyl groups is 1. The van der Waals surface area contributed by atoms with Crippen LogP contribution in [-0.4, -0.2) is 30.7 Å². The van der Waals surface area contributed by atoms with Gasteiger partial charge in [0, 0.05) is 19.6 Å². The molecule has 3 heteroatoms. The summed E-state index contributed by atoms with van der Waals surface area (Å²) in [6.45, 7) is 6.88. The van der Waals surface area contributed by atoms with Gasteiger partial charge in [-0.1, -0.05) is 12.2 Å². The van der Waals surface area contributed by atoms with Gasteiger partial charge < -0.3 is 14.6 Å². The van der Waals surface area contributed by atoms with Gasteiger partial charge in [0.05, 0.1) is 6.10 Å². The zero-order chi connectivity index (χ0) is 10.1. The minimum Gasteiger partial charge on any atom is -0.389 e. The first-order valence-electron chi connectivity index (χ1n) is 4.78. The molecule has 0 aromatic heterocycles. The molecule has 0 fully saturated rings. The van der Waals surface area contributed by atoms with Crippen molar-refractivity contribution in [2.24, 2.45) is 0 Å². The highest BCUT2D eigenvalue weighted by Gasteiger charge is 2.04. The van der Waals surface area contributed by atoms with Crippen LogP contribution in [0.2, 0.25) is 0 Å². The van der Waals surface area contributed by atoms with E-state index >= 15 is 0 Å². The molecule has 1 N–H and O–H groups in total. The largest absolute Gasteiger partial charge is 0.389 e. The van der Waals surface area contributed by atoms with E-state index in [9.17, 15) is 0 Å². The van der Waals surface area contributed by atoms with E-state index < -0.39 is 6.10 Å². The number of rotatable bonds is 7. The van der Waals surface area contributed by atoms with E-state index in [1.165, 1.54) is 0 Å². The van der Waals surface area contributed by atoms with E-state index in [0.717, 1.165) is 0 Å². The van der Waals surface area contributed by atoms with Crippen LogP contribution in [0.15, 0.2) is 12.2 Å². The molecule has 0 amide bonds. The normalized spacial score (nSPS) is 14.2. The molecule has 3 nitrogen and oxygen atoms in total. The van der Waals surface area contributed by atoms with Crippen molar-refractivity contribution in [2.75, 3.05) is 13.2 Å².